The molecule has 2 aromatic carbocycles. The van der Waals surface area contributed by atoms with E-state index < -0.39 is 0 Å². The Balaban J connectivity index is 0.00000110. The van der Waals surface area contributed by atoms with Gasteiger partial charge >= 0.3 is 0 Å². The van der Waals surface area contributed by atoms with Gasteiger partial charge in [0.2, 0.25) is 0 Å². The first-order chi connectivity index (χ1) is 8.92. The molecule has 2 N–H and O–H groups in total. The molecule has 0 fully saturated rings. The van der Waals surface area contributed by atoms with Crippen molar-refractivity contribution in [2.75, 3.05) is 0 Å². The van der Waals surface area contributed by atoms with Crippen LogP contribution in [-0.2, 0) is 21.1 Å². The van der Waals surface area contributed by atoms with Gasteiger partial charge in [0.1, 0.15) is 5.82 Å². The van der Waals surface area contributed by atoms with Gasteiger partial charge in [-0.05, 0) is 17.6 Å². The van der Waals surface area contributed by atoms with E-state index >= 15 is 0 Å². The van der Waals surface area contributed by atoms with E-state index in [2.05, 4.69) is 26.2 Å². The number of imidazole rings is 1. The van der Waals surface area contributed by atoms with Crippen molar-refractivity contribution in [3.63, 3.8) is 0 Å². The van der Waals surface area contributed by atoms with Crippen LogP contribution in [0.3, 0.4) is 0 Å². The molecular formula is C14H9N4W-. The third-order valence-electron chi connectivity index (χ3n) is 3.02. The van der Waals surface area contributed by atoms with Crippen LogP contribution in [0.15, 0.2) is 42.5 Å². The molecule has 2 aromatic heterocycles. The van der Waals surface area contributed by atoms with E-state index in [1.165, 1.54) is 0 Å². The van der Waals surface area contributed by atoms with Crippen LogP contribution in [0.4, 0.5) is 0 Å². The molecule has 4 aromatic rings. The topological polar surface area (TPSA) is 57.4 Å². The Morgan fingerprint density at radius 2 is 1.95 bits per heavy atom. The Hall–Kier alpha value is -1.93. The molecule has 92 valence electrons. The third kappa shape index (κ3) is 1.89. The van der Waals surface area contributed by atoms with Gasteiger partial charge < -0.3 is 10.1 Å². The zero-order valence-electron chi connectivity index (χ0n) is 9.84. The molecule has 0 radical (unpaired) electrons. The van der Waals surface area contributed by atoms with Gasteiger partial charge in [-0.15, -0.1) is 6.07 Å². The maximum absolute atomic E-state index is 4.55. The number of nitrogens with zero attached hydrogens (tertiary/aromatic N) is 2. The van der Waals surface area contributed by atoms with Crippen LogP contribution in [0.2, 0.25) is 0 Å². The van der Waals surface area contributed by atoms with Crippen molar-refractivity contribution in [3.8, 4) is 11.5 Å². The summed E-state index contributed by atoms with van der Waals surface area (Å²) in [7, 11) is 0. The fourth-order valence-corrected chi connectivity index (χ4v) is 2.15. The molecule has 19 heavy (non-hydrogen) atoms. The molecule has 0 saturated carbocycles. The van der Waals surface area contributed by atoms with E-state index in [4.69, 9.17) is 0 Å². The number of para-hydroxylation sites is 2. The molecule has 0 aliphatic heterocycles. The minimum atomic E-state index is 0. The van der Waals surface area contributed by atoms with Crippen LogP contribution in [0.1, 0.15) is 0 Å². The minimum absolute atomic E-state index is 0. The molecule has 0 amide bonds. The third-order valence-corrected chi connectivity index (χ3v) is 3.02. The average Bonchev–Trinajstić information content (AvgIpc) is 3.02. The Morgan fingerprint density at radius 3 is 2.84 bits per heavy atom. The number of fused-ring (bicyclic) bond motifs is 2. The second-order valence-corrected chi connectivity index (χ2v) is 4.15. The monoisotopic (exact) mass is 417 g/mol. The van der Waals surface area contributed by atoms with Crippen LogP contribution in [-0.4, -0.2) is 20.2 Å². The van der Waals surface area contributed by atoms with Crippen LogP contribution in [0.25, 0.3) is 33.5 Å². The Morgan fingerprint density at radius 1 is 1.05 bits per heavy atom. The van der Waals surface area contributed by atoms with Crippen molar-refractivity contribution in [1.82, 2.24) is 20.2 Å². The predicted octanol–water partition coefficient (Wildman–Crippen LogP) is 2.90. The SMILES string of the molecule is [W].[c-]1ccc2[nH]nc(-c3nc4ccccc4[nH]3)c2c1. The number of rotatable bonds is 1. The van der Waals surface area contributed by atoms with Gasteiger partial charge in [0.05, 0.1) is 16.7 Å². The fourth-order valence-electron chi connectivity index (χ4n) is 2.15. The van der Waals surface area contributed by atoms with Gasteiger partial charge in [-0.2, -0.15) is 23.3 Å². The van der Waals surface area contributed by atoms with Gasteiger partial charge in [-0.25, -0.2) is 4.98 Å². The molecule has 4 nitrogen and oxygen atoms in total. The van der Waals surface area contributed by atoms with Gasteiger partial charge in [-0.3, -0.25) is 0 Å². The molecule has 5 heteroatoms. The number of aromatic amines is 2. The van der Waals surface area contributed by atoms with Crippen molar-refractivity contribution in [1.29, 1.82) is 0 Å². The predicted molar refractivity (Wildman–Crippen MR) is 70.0 cm³/mol. The number of nitrogens with one attached hydrogen (secondary N) is 2. The summed E-state index contributed by atoms with van der Waals surface area (Å²) in [4.78, 5) is 7.84. The minimum Gasteiger partial charge on any atom is -0.337 e. The molecule has 0 aliphatic rings. The van der Waals surface area contributed by atoms with E-state index in [0.29, 0.717) is 0 Å². The summed E-state index contributed by atoms with van der Waals surface area (Å²) in [5.41, 5.74) is 3.79. The van der Waals surface area contributed by atoms with E-state index in [1.807, 2.05) is 42.5 Å². The molecule has 0 atom stereocenters. The van der Waals surface area contributed by atoms with E-state index in [-0.39, 0.29) is 21.1 Å². The second kappa shape index (κ2) is 4.63. The van der Waals surface area contributed by atoms with E-state index in [9.17, 15) is 0 Å². The molecule has 0 spiro atoms. The summed E-state index contributed by atoms with van der Waals surface area (Å²) < 4.78 is 0. The fraction of sp³-hybridized carbons (Fsp3) is 0. The second-order valence-electron chi connectivity index (χ2n) is 4.15. The van der Waals surface area contributed by atoms with Crippen LogP contribution in [0.5, 0.6) is 0 Å². The smallest absolute Gasteiger partial charge is 0.147 e. The molecule has 0 saturated heterocycles. The number of hydrogen-bond acceptors (Lipinski definition) is 2. The first kappa shape index (κ1) is 12.1. The summed E-state index contributed by atoms with van der Waals surface area (Å²) in [6, 6.07) is 16.8. The average molecular weight is 417 g/mol. The van der Waals surface area contributed by atoms with Gasteiger partial charge in [0.25, 0.3) is 0 Å². The quantitative estimate of drug-likeness (QED) is 0.469. The number of benzene rings is 2. The summed E-state index contributed by atoms with van der Waals surface area (Å²) in [6.45, 7) is 0. The maximum atomic E-state index is 4.55. The van der Waals surface area contributed by atoms with E-state index in [1.54, 1.807) is 0 Å². The summed E-state index contributed by atoms with van der Waals surface area (Å²) >= 11 is 0. The molecule has 2 heterocycles. The zero-order chi connectivity index (χ0) is 11.9. The number of aromatic nitrogens is 4. The first-order valence-electron chi connectivity index (χ1n) is 5.71. The van der Waals surface area contributed by atoms with Crippen LogP contribution < -0.4 is 0 Å². The molecule has 0 unspecified atom stereocenters. The molecule has 0 bridgehead atoms. The Kier molecular flexibility index (Phi) is 2.95. The standard InChI is InChI=1S/C14H9N4.W/c1-2-6-10-9(5-1)13(18-17-10)14-15-11-7-3-4-8-12(11)16-14;/h2-8H,(H,15,16)(H,17,18);/q-1;. The normalized spacial score (nSPS) is 10.7. The largest absolute Gasteiger partial charge is 0.337 e. The van der Waals surface area contributed by atoms with Gasteiger partial charge in [0, 0.05) is 21.1 Å². The van der Waals surface area contributed by atoms with E-state index in [0.717, 1.165) is 33.5 Å². The zero-order valence-corrected chi connectivity index (χ0v) is 12.8. The summed E-state index contributed by atoms with van der Waals surface area (Å²) in [5, 5.41) is 8.35. The van der Waals surface area contributed by atoms with Crippen molar-refractivity contribution in [3.05, 3.63) is 48.5 Å². The van der Waals surface area contributed by atoms with Crippen molar-refractivity contribution in [2.45, 2.75) is 0 Å². The van der Waals surface area contributed by atoms with Crippen LogP contribution >= 0.6 is 0 Å². The van der Waals surface area contributed by atoms with Gasteiger partial charge in [-0.1, -0.05) is 17.5 Å². The Bertz CT molecular complexity index is 814. The maximum Gasteiger partial charge on any atom is 0.147 e. The summed E-state index contributed by atoms with van der Waals surface area (Å²) in [5.74, 6) is 0.780. The van der Waals surface area contributed by atoms with Crippen molar-refractivity contribution in [2.24, 2.45) is 0 Å². The van der Waals surface area contributed by atoms with Crippen molar-refractivity contribution >= 4 is 21.9 Å². The molecular weight excluding hydrogens is 408 g/mol. The Labute approximate surface area is 123 Å². The van der Waals surface area contributed by atoms with Crippen LogP contribution in [0, 0.1) is 6.07 Å². The number of hydrogen-bond donors (Lipinski definition) is 2. The molecule has 4 rings (SSSR count). The van der Waals surface area contributed by atoms with Gasteiger partial charge in [0.15, 0.2) is 0 Å². The van der Waals surface area contributed by atoms with Crippen molar-refractivity contribution < 1.29 is 21.1 Å². The molecule has 0 aliphatic carbocycles. The first-order valence-corrected chi connectivity index (χ1v) is 5.71. The number of H-pyrrole nitrogens is 2. The summed E-state index contributed by atoms with van der Waals surface area (Å²) in [6.07, 6.45) is 0.